The molecule has 0 fully saturated rings. The van der Waals surface area contributed by atoms with Crippen molar-refractivity contribution in [2.75, 3.05) is 13.2 Å². The third-order valence-corrected chi connectivity index (χ3v) is 3.65. The number of carbonyl (C=O) groups excluding carboxylic acids is 1. The van der Waals surface area contributed by atoms with Crippen molar-refractivity contribution in [3.05, 3.63) is 29.3 Å². The maximum Gasteiger partial charge on any atom is 0.257 e. The fourth-order valence-corrected chi connectivity index (χ4v) is 2.29. The fraction of sp³-hybridized carbons (Fsp3) is 0.562. The number of nitrogens with one attached hydrogen (secondary N) is 1. The zero-order chi connectivity index (χ0) is 16.7. The van der Waals surface area contributed by atoms with Crippen LogP contribution in [0, 0.1) is 17.6 Å². The number of ether oxygens (including phenoxy) is 1. The Hall–Kier alpha value is -1.69. The highest BCUT2D eigenvalue weighted by Gasteiger charge is 2.23. The minimum Gasteiger partial charge on any atom is -0.491 e. The van der Waals surface area contributed by atoms with E-state index in [2.05, 4.69) is 5.32 Å². The van der Waals surface area contributed by atoms with Crippen LogP contribution in [-0.2, 0) is 0 Å². The molecular weight excluding hydrogens is 292 g/mol. The van der Waals surface area contributed by atoms with Crippen molar-refractivity contribution in [1.29, 1.82) is 0 Å². The Labute approximate surface area is 129 Å². The second-order valence-corrected chi connectivity index (χ2v) is 5.02. The number of carbonyl (C=O) groups is 1. The molecule has 0 aromatic heterocycles. The summed E-state index contributed by atoms with van der Waals surface area (Å²) in [5.74, 6) is -3.03. The summed E-state index contributed by atoms with van der Waals surface area (Å²) in [5.41, 5.74) is -0.692. The van der Waals surface area contributed by atoms with Crippen LogP contribution in [-0.4, -0.2) is 30.3 Å². The first-order chi connectivity index (χ1) is 10.5. The summed E-state index contributed by atoms with van der Waals surface area (Å²) < 4.78 is 32.8. The van der Waals surface area contributed by atoms with E-state index in [-0.39, 0.29) is 24.8 Å². The molecule has 124 valence electrons. The Kier molecular flexibility index (Phi) is 7.24. The Morgan fingerprint density at radius 2 is 1.91 bits per heavy atom. The monoisotopic (exact) mass is 315 g/mol. The molecule has 0 aliphatic rings. The van der Waals surface area contributed by atoms with Gasteiger partial charge in [-0.1, -0.05) is 26.7 Å². The molecule has 1 atom stereocenters. The second-order valence-electron chi connectivity index (χ2n) is 5.02. The van der Waals surface area contributed by atoms with Crippen LogP contribution >= 0.6 is 0 Å². The van der Waals surface area contributed by atoms with Crippen molar-refractivity contribution in [2.24, 2.45) is 5.92 Å². The van der Waals surface area contributed by atoms with Crippen LogP contribution in [0.25, 0.3) is 0 Å². The van der Waals surface area contributed by atoms with E-state index >= 15 is 0 Å². The van der Waals surface area contributed by atoms with Crippen LogP contribution in [0.1, 0.15) is 44.0 Å². The molecule has 22 heavy (non-hydrogen) atoms. The Bertz CT molecular complexity index is 504. The van der Waals surface area contributed by atoms with Gasteiger partial charge in [-0.15, -0.1) is 0 Å². The van der Waals surface area contributed by atoms with E-state index in [0.717, 1.165) is 25.0 Å². The zero-order valence-corrected chi connectivity index (χ0v) is 13.2. The minimum absolute atomic E-state index is 0.0322. The van der Waals surface area contributed by atoms with Gasteiger partial charge in [0.05, 0.1) is 12.7 Å². The topological polar surface area (TPSA) is 58.6 Å². The van der Waals surface area contributed by atoms with Crippen LogP contribution in [0.15, 0.2) is 12.1 Å². The molecule has 0 radical (unpaired) electrons. The molecule has 1 aromatic carbocycles. The maximum absolute atomic E-state index is 14.1. The molecule has 0 aliphatic heterocycles. The molecule has 0 heterocycles. The number of amides is 1. The highest BCUT2D eigenvalue weighted by molar-refractivity contribution is 5.95. The highest BCUT2D eigenvalue weighted by atomic mass is 19.1. The lowest BCUT2D eigenvalue weighted by molar-refractivity contribution is 0.0809. The molecule has 4 nitrogen and oxygen atoms in total. The maximum atomic E-state index is 14.1. The first kappa shape index (κ1) is 18.4. The Morgan fingerprint density at radius 1 is 1.27 bits per heavy atom. The van der Waals surface area contributed by atoms with Crippen molar-refractivity contribution >= 4 is 5.91 Å². The fourth-order valence-electron chi connectivity index (χ4n) is 2.29. The van der Waals surface area contributed by atoms with Crippen LogP contribution in [0.2, 0.25) is 0 Å². The molecular formula is C16H23F2NO3. The standard InChI is InChI=1S/C16H23F2NO3/c1-4-10(5-2)12(20)9-19-16(21)14-11(17)7-8-13(15(14)18)22-6-3/h7-8,10,12,20H,4-6,9H2,1-3H3,(H,19,21). The number of halogens is 2. The van der Waals surface area contributed by atoms with Crippen LogP contribution in [0.3, 0.4) is 0 Å². The highest BCUT2D eigenvalue weighted by Crippen LogP contribution is 2.23. The average molecular weight is 315 g/mol. The van der Waals surface area contributed by atoms with Gasteiger partial charge in [0.1, 0.15) is 11.4 Å². The summed E-state index contributed by atoms with van der Waals surface area (Å²) in [6.07, 6.45) is 0.770. The molecule has 2 N–H and O–H groups in total. The number of rotatable bonds is 8. The third kappa shape index (κ3) is 4.40. The van der Waals surface area contributed by atoms with Gasteiger partial charge in [-0.05, 0) is 25.0 Å². The lowest BCUT2D eigenvalue weighted by Gasteiger charge is -2.20. The summed E-state index contributed by atoms with van der Waals surface area (Å²) >= 11 is 0. The average Bonchev–Trinajstić information content (AvgIpc) is 2.49. The van der Waals surface area contributed by atoms with Gasteiger partial charge in [0, 0.05) is 6.54 Å². The normalized spacial score (nSPS) is 12.3. The molecule has 1 amide bonds. The van der Waals surface area contributed by atoms with Gasteiger partial charge in [0.2, 0.25) is 0 Å². The summed E-state index contributed by atoms with van der Waals surface area (Å²) in [7, 11) is 0. The van der Waals surface area contributed by atoms with E-state index in [1.165, 1.54) is 0 Å². The van der Waals surface area contributed by atoms with Crippen LogP contribution in [0.4, 0.5) is 8.78 Å². The van der Waals surface area contributed by atoms with Crippen molar-refractivity contribution < 1.29 is 23.4 Å². The van der Waals surface area contributed by atoms with E-state index in [1.807, 2.05) is 13.8 Å². The number of benzene rings is 1. The molecule has 6 heteroatoms. The summed E-state index contributed by atoms with van der Waals surface area (Å²) in [6, 6.07) is 2.13. The van der Waals surface area contributed by atoms with Crippen molar-refractivity contribution in [3.63, 3.8) is 0 Å². The number of aliphatic hydroxyl groups excluding tert-OH is 1. The zero-order valence-electron chi connectivity index (χ0n) is 13.2. The number of aliphatic hydroxyl groups is 1. The lowest BCUT2D eigenvalue weighted by Crippen LogP contribution is -2.36. The third-order valence-electron chi connectivity index (χ3n) is 3.65. The molecule has 0 aliphatic carbocycles. The predicted molar refractivity (Wildman–Crippen MR) is 79.9 cm³/mol. The van der Waals surface area contributed by atoms with Gasteiger partial charge < -0.3 is 15.2 Å². The van der Waals surface area contributed by atoms with Crippen LogP contribution < -0.4 is 10.1 Å². The largest absolute Gasteiger partial charge is 0.491 e. The minimum atomic E-state index is -1.03. The van der Waals surface area contributed by atoms with Gasteiger partial charge >= 0.3 is 0 Å². The Morgan fingerprint density at radius 3 is 2.45 bits per heavy atom. The van der Waals surface area contributed by atoms with Gasteiger partial charge in [0.25, 0.3) is 5.91 Å². The van der Waals surface area contributed by atoms with E-state index < -0.39 is 29.2 Å². The molecule has 0 saturated heterocycles. The smallest absolute Gasteiger partial charge is 0.257 e. The number of hydrogen-bond donors (Lipinski definition) is 2. The van der Waals surface area contributed by atoms with Crippen molar-refractivity contribution in [2.45, 2.75) is 39.7 Å². The first-order valence-corrected chi connectivity index (χ1v) is 7.53. The molecule has 0 spiro atoms. The van der Waals surface area contributed by atoms with Crippen molar-refractivity contribution in [3.8, 4) is 5.75 Å². The molecule has 1 rings (SSSR count). The van der Waals surface area contributed by atoms with E-state index in [1.54, 1.807) is 6.92 Å². The summed E-state index contributed by atoms with van der Waals surface area (Å²) in [4.78, 5) is 12.0. The molecule has 1 aromatic rings. The lowest BCUT2D eigenvalue weighted by atomic mass is 9.96. The van der Waals surface area contributed by atoms with E-state index in [0.29, 0.717) is 0 Å². The van der Waals surface area contributed by atoms with Gasteiger partial charge in [-0.25, -0.2) is 8.78 Å². The predicted octanol–water partition coefficient (Wildman–Crippen LogP) is 2.89. The molecule has 1 unspecified atom stereocenters. The van der Waals surface area contributed by atoms with E-state index in [4.69, 9.17) is 4.74 Å². The number of hydrogen-bond acceptors (Lipinski definition) is 3. The van der Waals surface area contributed by atoms with Gasteiger partial charge in [0.15, 0.2) is 11.6 Å². The first-order valence-electron chi connectivity index (χ1n) is 7.53. The van der Waals surface area contributed by atoms with Crippen LogP contribution in [0.5, 0.6) is 5.75 Å². The molecule has 0 saturated carbocycles. The molecule has 0 bridgehead atoms. The quantitative estimate of drug-likeness (QED) is 0.775. The SMILES string of the molecule is CCOc1ccc(F)c(C(=O)NCC(O)C(CC)CC)c1F. The van der Waals surface area contributed by atoms with E-state index in [9.17, 15) is 18.7 Å². The second kappa shape index (κ2) is 8.68. The summed E-state index contributed by atoms with van der Waals surface area (Å²) in [5, 5.41) is 12.3. The summed E-state index contributed by atoms with van der Waals surface area (Å²) in [6.45, 7) is 5.68. The van der Waals surface area contributed by atoms with Gasteiger partial charge in [-0.3, -0.25) is 4.79 Å². The Balaban J connectivity index is 2.83. The van der Waals surface area contributed by atoms with Crippen molar-refractivity contribution in [1.82, 2.24) is 5.32 Å². The van der Waals surface area contributed by atoms with Gasteiger partial charge in [-0.2, -0.15) is 0 Å².